The molecule has 10 heteroatoms. The number of carboxylic acids is 1. The Bertz CT molecular complexity index is 1080. The van der Waals surface area contributed by atoms with Crippen molar-refractivity contribution in [3.8, 4) is 0 Å². The lowest BCUT2D eigenvalue weighted by molar-refractivity contribution is 0.0342. The van der Waals surface area contributed by atoms with Crippen LogP contribution in [-0.2, 0) is 11.4 Å². The largest absolute Gasteiger partial charge is 0.477 e. The quantitative estimate of drug-likeness (QED) is 0.227. The number of benzene rings is 2. The first-order valence-electron chi connectivity index (χ1n) is 10.7. The minimum Gasteiger partial charge on any atom is -0.477 e. The van der Waals surface area contributed by atoms with Crippen LogP contribution < -0.4 is 10.8 Å². The van der Waals surface area contributed by atoms with Crippen molar-refractivity contribution in [2.75, 3.05) is 11.9 Å². The van der Waals surface area contributed by atoms with Crippen LogP contribution in [-0.4, -0.2) is 28.6 Å². The number of aromatic nitrogens is 1. The summed E-state index contributed by atoms with van der Waals surface area (Å²) in [7, 11) is 0. The van der Waals surface area contributed by atoms with Crippen molar-refractivity contribution in [3.63, 3.8) is 0 Å². The number of unbranched alkanes of at least 4 members (excludes halogenated alkanes) is 2. The first-order chi connectivity index (χ1) is 16.3. The number of nitrogens with zero attached hydrogens (tertiary/aromatic N) is 1. The van der Waals surface area contributed by atoms with Gasteiger partial charge >= 0.3 is 5.97 Å². The number of nitrogens with one attached hydrogen (secondary N) is 2. The molecule has 7 nitrogen and oxygen atoms in total. The summed E-state index contributed by atoms with van der Waals surface area (Å²) in [6.45, 7) is 5.31. The Labute approximate surface area is 206 Å². The van der Waals surface area contributed by atoms with Crippen LogP contribution in [0.5, 0.6) is 0 Å². The van der Waals surface area contributed by atoms with Crippen LogP contribution in [0.1, 0.15) is 57.5 Å². The monoisotopic (exact) mass is 507 g/mol. The highest BCUT2D eigenvalue weighted by molar-refractivity contribution is 7.17. The van der Waals surface area contributed by atoms with Crippen molar-refractivity contribution >= 4 is 39.9 Å². The fraction of sp³-hybridized carbons (Fsp3) is 0.292. The molecule has 3 aromatic rings. The number of rotatable bonds is 10. The van der Waals surface area contributed by atoms with E-state index in [1.54, 1.807) is 0 Å². The number of hydrogen-bond acceptors (Lipinski definition) is 6. The molecule has 0 bridgehead atoms. The highest BCUT2D eigenvalue weighted by Gasteiger charge is 2.17. The predicted octanol–water partition coefficient (Wildman–Crippen LogP) is 6.09. The van der Waals surface area contributed by atoms with Gasteiger partial charge in [-0.3, -0.25) is 10.1 Å². The fourth-order valence-corrected chi connectivity index (χ4v) is 3.77. The number of carbonyl (C=O) groups is 2. The molecular formula is C24H27ClFN3O4S. The maximum atomic E-state index is 12.9. The summed E-state index contributed by atoms with van der Waals surface area (Å²) in [5, 5.41) is 11.4. The van der Waals surface area contributed by atoms with E-state index in [0.717, 1.165) is 43.0 Å². The Kier molecular flexibility index (Phi) is 11.6. The second-order valence-corrected chi connectivity index (χ2v) is 8.59. The molecule has 0 spiro atoms. The number of carboxylic acid groups (broad SMARTS) is 1. The second-order valence-electron chi connectivity index (χ2n) is 7.18. The molecule has 0 saturated heterocycles. The van der Waals surface area contributed by atoms with Gasteiger partial charge in [0.25, 0.3) is 5.91 Å². The molecule has 3 N–H and O–H groups in total. The second kappa shape index (κ2) is 14.4. The molecule has 0 aliphatic carbocycles. The summed E-state index contributed by atoms with van der Waals surface area (Å²) in [5.41, 5.74) is 4.60. The van der Waals surface area contributed by atoms with Gasteiger partial charge in [0.15, 0.2) is 5.13 Å². The molecule has 1 amide bonds. The number of halogens is 2. The summed E-state index contributed by atoms with van der Waals surface area (Å²) in [6.07, 6.45) is 3.62. The molecule has 1 aromatic heterocycles. The lowest BCUT2D eigenvalue weighted by Gasteiger charge is -2.05. The summed E-state index contributed by atoms with van der Waals surface area (Å²) in [6, 6.07) is 13.6. The van der Waals surface area contributed by atoms with Gasteiger partial charge in [0.2, 0.25) is 0 Å². The lowest BCUT2D eigenvalue weighted by Crippen LogP contribution is -2.14. The Balaban J connectivity index is 0.000000257. The molecule has 0 unspecified atom stereocenters. The van der Waals surface area contributed by atoms with E-state index in [1.807, 2.05) is 18.2 Å². The number of aromatic carboxylic acids is 1. The minimum absolute atomic E-state index is 0.0331. The van der Waals surface area contributed by atoms with E-state index in [2.05, 4.69) is 34.8 Å². The molecule has 2 aromatic carbocycles. The van der Waals surface area contributed by atoms with Gasteiger partial charge in [-0.15, -0.1) is 0 Å². The van der Waals surface area contributed by atoms with Gasteiger partial charge in [-0.1, -0.05) is 73.0 Å². The maximum absolute atomic E-state index is 12.9. The van der Waals surface area contributed by atoms with Crippen molar-refractivity contribution in [2.24, 2.45) is 0 Å². The van der Waals surface area contributed by atoms with E-state index >= 15 is 0 Å². The molecule has 0 atom stereocenters. The zero-order valence-electron chi connectivity index (χ0n) is 18.9. The zero-order chi connectivity index (χ0) is 24.9. The molecule has 0 radical (unpaired) electrons. The Morgan fingerprint density at radius 3 is 2.53 bits per heavy atom. The van der Waals surface area contributed by atoms with Crippen LogP contribution in [0, 0.1) is 12.7 Å². The topological polar surface area (TPSA) is 101 Å². The third-order valence-electron chi connectivity index (χ3n) is 4.46. The van der Waals surface area contributed by atoms with Crippen molar-refractivity contribution in [1.82, 2.24) is 10.5 Å². The van der Waals surface area contributed by atoms with Crippen molar-refractivity contribution in [2.45, 2.75) is 39.7 Å². The van der Waals surface area contributed by atoms with Crippen LogP contribution in [0.3, 0.4) is 0 Å². The number of amides is 1. The van der Waals surface area contributed by atoms with Gasteiger partial charge in [-0.25, -0.2) is 14.2 Å². The number of aryl methyl sites for hydroxylation is 1. The van der Waals surface area contributed by atoms with E-state index in [-0.39, 0.29) is 20.6 Å². The summed E-state index contributed by atoms with van der Waals surface area (Å²) >= 11 is 6.61. The molecule has 1 heterocycles. The molecule has 0 saturated carbocycles. The first kappa shape index (κ1) is 27.4. The number of anilines is 1. The van der Waals surface area contributed by atoms with Crippen molar-refractivity contribution in [1.29, 1.82) is 0 Å². The third-order valence-corrected chi connectivity index (χ3v) is 5.83. The number of hydrogen-bond donors (Lipinski definition) is 3. The van der Waals surface area contributed by atoms with Crippen LogP contribution >= 0.6 is 22.9 Å². The van der Waals surface area contributed by atoms with Crippen molar-refractivity contribution < 1.29 is 23.9 Å². The van der Waals surface area contributed by atoms with E-state index in [4.69, 9.17) is 21.5 Å². The highest BCUT2D eigenvalue weighted by Crippen LogP contribution is 2.24. The maximum Gasteiger partial charge on any atom is 0.347 e. The number of carbonyl (C=O) groups excluding carboxylic acids is 1. The van der Waals surface area contributed by atoms with Crippen LogP contribution in [0.15, 0.2) is 48.5 Å². The lowest BCUT2D eigenvalue weighted by atomic mass is 10.2. The van der Waals surface area contributed by atoms with E-state index in [0.29, 0.717) is 5.69 Å². The standard InChI is InChI=1S/C12H8ClFN2O3S.C12H19NO/c1-5-9(11(18)19)20-12(15-5)16-10(17)7-3-2-6(14)4-8(7)13;1-2-3-7-10-14-13-11-12-8-5-4-6-9-12/h2-4H,1H3,(H,18,19)(H,15,16,17);4-6,8-9,13H,2-3,7,10-11H2,1H3. The normalized spacial score (nSPS) is 10.4. The van der Waals surface area contributed by atoms with Crippen molar-refractivity contribution in [3.05, 3.63) is 81.1 Å². The smallest absolute Gasteiger partial charge is 0.347 e. The Hall–Kier alpha value is -2.85. The molecule has 34 heavy (non-hydrogen) atoms. The minimum atomic E-state index is -1.11. The summed E-state index contributed by atoms with van der Waals surface area (Å²) < 4.78 is 12.9. The van der Waals surface area contributed by atoms with Gasteiger partial charge in [0.1, 0.15) is 10.7 Å². The highest BCUT2D eigenvalue weighted by atomic mass is 35.5. The fourth-order valence-electron chi connectivity index (χ4n) is 2.71. The van der Waals surface area contributed by atoms with E-state index in [9.17, 15) is 14.0 Å². The molecule has 0 fully saturated rings. The molecule has 0 aliphatic rings. The summed E-state index contributed by atoms with van der Waals surface area (Å²) in [5.74, 6) is -2.24. The molecule has 182 valence electrons. The molecule has 3 rings (SSSR count). The van der Waals surface area contributed by atoms with E-state index in [1.165, 1.54) is 31.4 Å². The number of thiazole rings is 1. The van der Waals surface area contributed by atoms with Gasteiger partial charge in [0, 0.05) is 6.54 Å². The average molecular weight is 508 g/mol. The van der Waals surface area contributed by atoms with Crippen LogP contribution in [0.25, 0.3) is 0 Å². The first-order valence-corrected chi connectivity index (χ1v) is 11.9. The Morgan fingerprint density at radius 2 is 1.91 bits per heavy atom. The van der Waals surface area contributed by atoms with Crippen LogP contribution in [0.2, 0.25) is 5.02 Å². The van der Waals surface area contributed by atoms with E-state index < -0.39 is 17.7 Å². The third kappa shape index (κ3) is 9.18. The SMILES string of the molecule is CCCCCONCc1ccccc1.Cc1nc(NC(=O)c2ccc(F)cc2Cl)sc1C(=O)O. The average Bonchev–Trinajstić information content (AvgIpc) is 3.17. The zero-order valence-corrected chi connectivity index (χ0v) is 20.5. The van der Waals surface area contributed by atoms with Gasteiger partial charge in [-0.2, -0.15) is 5.48 Å². The molecular weight excluding hydrogens is 481 g/mol. The molecule has 0 aliphatic heterocycles. The predicted molar refractivity (Wildman–Crippen MR) is 132 cm³/mol. The van der Waals surface area contributed by atoms with Gasteiger partial charge in [0.05, 0.1) is 22.9 Å². The Morgan fingerprint density at radius 1 is 1.18 bits per heavy atom. The van der Waals surface area contributed by atoms with Gasteiger partial charge in [-0.05, 0) is 37.1 Å². The van der Waals surface area contributed by atoms with Crippen LogP contribution in [0.4, 0.5) is 9.52 Å². The summed E-state index contributed by atoms with van der Waals surface area (Å²) in [4.78, 5) is 32.1. The van der Waals surface area contributed by atoms with Gasteiger partial charge < -0.3 is 9.94 Å². The number of hydroxylamine groups is 1.